The molecule has 0 atom stereocenters. The molecule has 2 nitrogen and oxygen atoms in total. The van der Waals surface area contributed by atoms with Gasteiger partial charge in [-0.3, -0.25) is 0 Å². The Labute approximate surface area is 64.5 Å². The van der Waals surface area contributed by atoms with E-state index < -0.39 is 0 Å². The maximum atomic E-state index is 4.22. The highest BCUT2D eigenvalue weighted by molar-refractivity contribution is 7.13. The van der Waals surface area contributed by atoms with Gasteiger partial charge in [-0.2, -0.15) is 0 Å². The van der Waals surface area contributed by atoms with Crippen LogP contribution in [0.1, 0.15) is 13.8 Å². The van der Waals surface area contributed by atoms with Gasteiger partial charge < -0.3 is 4.90 Å². The SMILES string of the molecule is CC1(C)CN1c1nccs1. The molecule has 1 saturated heterocycles. The van der Waals surface area contributed by atoms with Gasteiger partial charge >= 0.3 is 0 Å². The van der Waals surface area contributed by atoms with Crippen molar-refractivity contribution < 1.29 is 0 Å². The van der Waals surface area contributed by atoms with Crippen LogP contribution < -0.4 is 4.90 Å². The van der Waals surface area contributed by atoms with Crippen LogP contribution in [0.15, 0.2) is 11.6 Å². The van der Waals surface area contributed by atoms with Crippen molar-refractivity contribution in [2.75, 3.05) is 11.4 Å². The second-order valence-corrected chi connectivity index (χ2v) is 4.09. The molecule has 1 aromatic rings. The van der Waals surface area contributed by atoms with Gasteiger partial charge in [0.15, 0.2) is 5.13 Å². The molecule has 10 heavy (non-hydrogen) atoms. The third-order valence-electron chi connectivity index (χ3n) is 1.82. The number of nitrogens with zero attached hydrogens (tertiary/aromatic N) is 2. The van der Waals surface area contributed by atoms with E-state index in [1.807, 2.05) is 11.6 Å². The lowest BCUT2D eigenvalue weighted by atomic mass is 10.2. The molecule has 1 aliphatic heterocycles. The predicted octanol–water partition coefficient (Wildman–Crippen LogP) is 1.74. The van der Waals surface area contributed by atoms with Gasteiger partial charge in [0.1, 0.15) is 0 Å². The molecule has 0 aliphatic carbocycles. The smallest absolute Gasteiger partial charge is 0.185 e. The van der Waals surface area contributed by atoms with Crippen LogP contribution >= 0.6 is 11.3 Å². The van der Waals surface area contributed by atoms with E-state index in [2.05, 4.69) is 23.7 Å². The Bertz CT molecular complexity index is 228. The summed E-state index contributed by atoms with van der Waals surface area (Å²) >= 11 is 1.71. The average molecular weight is 154 g/mol. The highest BCUT2D eigenvalue weighted by Crippen LogP contribution is 2.37. The second kappa shape index (κ2) is 1.72. The molecule has 0 radical (unpaired) electrons. The van der Waals surface area contributed by atoms with E-state index in [1.165, 1.54) is 0 Å². The molecule has 1 fully saturated rings. The fourth-order valence-electron chi connectivity index (χ4n) is 1.03. The van der Waals surface area contributed by atoms with Crippen LogP contribution in [0.25, 0.3) is 0 Å². The molecule has 0 saturated carbocycles. The lowest BCUT2D eigenvalue weighted by Gasteiger charge is -2.01. The van der Waals surface area contributed by atoms with Crippen molar-refractivity contribution in [3.8, 4) is 0 Å². The summed E-state index contributed by atoms with van der Waals surface area (Å²) in [4.78, 5) is 6.52. The van der Waals surface area contributed by atoms with Crippen molar-refractivity contribution in [2.45, 2.75) is 19.4 Å². The molecule has 2 heterocycles. The molecule has 1 aliphatic rings. The summed E-state index contributed by atoms with van der Waals surface area (Å²) in [6.07, 6.45) is 1.86. The average Bonchev–Trinajstić information content (AvgIpc) is 2.31. The number of rotatable bonds is 1. The quantitative estimate of drug-likeness (QED) is 0.573. The first kappa shape index (κ1) is 6.16. The van der Waals surface area contributed by atoms with Crippen molar-refractivity contribution >= 4 is 16.5 Å². The van der Waals surface area contributed by atoms with Crippen LogP contribution in [0.5, 0.6) is 0 Å². The van der Waals surface area contributed by atoms with Gasteiger partial charge in [0.25, 0.3) is 0 Å². The zero-order chi connectivity index (χ0) is 7.19. The first-order valence-corrected chi connectivity index (χ1v) is 4.25. The lowest BCUT2D eigenvalue weighted by molar-refractivity contribution is 0.817. The van der Waals surface area contributed by atoms with Gasteiger partial charge in [0, 0.05) is 18.1 Å². The molecule has 3 heteroatoms. The van der Waals surface area contributed by atoms with Crippen molar-refractivity contribution in [3.05, 3.63) is 11.6 Å². The number of hydrogen-bond donors (Lipinski definition) is 0. The van der Waals surface area contributed by atoms with Gasteiger partial charge in [-0.25, -0.2) is 4.98 Å². The maximum absolute atomic E-state index is 4.22. The molecule has 0 bridgehead atoms. The van der Waals surface area contributed by atoms with Crippen LogP contribution in [0.4, 0.5) is 5.13 Å². The minimum absolute atomic E-state index is 0.373. The molecule has 54 valence electrons. The van der Waals surface area contributed by atoms with Gasteiger partial charge in [-0.05, 0) is 13.8 Å². The van der Waals surface area contributed by atoms with E-state index in [4.69, 9.17) is 0 Å². The zero-order valence-corrected chi connectivity index (χ0v) is 6.98. The fourth-order valence-corrected chi connectivity index (χ4v) is 1.83. The Hall–Kier alpha value is -0.570. The summed E-state index contributed by atoms with van der Waals surface area (Å²) in [7, 11) is 0. The molecule has 0 N–H and O–H groups in total. The first-order chi connectivity index (χ1) is 4.70. The van der Waals surface area contributed by atoms with Crippen LogP contribution in [-0.2, 0) is 0 Å². The first-order valence-electron chi connectivity index (χ1n) is 3.37. The Morgan fingerprint density at radius 3 is 2.80 bits per heavy atom. The number of thiazole rings is 1. The number of anilines is 1. The van der Waals surface area contributed by atoms with E-state index in [0.717, 1.165) is 11.7 Å². The summed E-state index contributed by atoms with van der Waals surface area (Å²) in [5.41, 5.74) is 0.373. The standard InChI is InChI=1S/C7H10N2S/c1-7(2)5-9(7)6-8-3-4-10-6/h3-4H,5H2,1-2H3. The van der Waals surface area contributed by atoms with Gasteiger partial charge in [0.05, 0.1) is 5.54 Å². The van der Waals surface area contributed by atoms with Crippen LogP contribution in [0.2, 0.25) is 0 Å². The van der Waals surface area contributed by atoms with E-state index >= 15 is 0 Å². The third kappa shape index (κ3) is 0.814. The lowest BCUT2D eigenvalue weighted by Crippen LogP contribution is -2.06. The Kier molecular flexibility index (Phi) is 1.06. The molecule has 0 aromatic carbocycles. The van der Waals surface area contributed by atoms with Crippen molar-refractivity contribution in [3.63, 3.8) is 0 Å². The van der Waals surface area contributed by atoms with Crippen LogP contribution in [0, 0.1) is 0 Å². The van der Waals surface area contributed by atoms with E-state index in [9.17, 15) is 0 Å². The topological polar surface area (TPSA) is 15.9 Å². The van der Waals surface area contributed by atoms with Gasteiger partial charge in [-0.15, -0.1) is 11.3 Å². The van der Waals surface area contributed by atoms with E-state index in [-0.39, 0.29) is 0 Å². The molecule has 2 rings (SSSR count). The molecular formula is C7H10N2S. The minimum Gasteiger partial charge on any atom is -0.339 e. The van der Waals surface area contributed by atoms with E-state index in [0.29, 0.717) is 5.54 Å². The monoisotopic (exact) mass is 154 g/mol. The van der Waals surface area contributed by atoms with Crippen molar-refractivity contribution in [2.24, 2.45) is 0 Å². The zero-order valence-electron chi connectivity index (χ0n) is 6.16. The minimum atomic E-state index is 0.373. The Morgan fingerprint density at radius 2 is 2.40 bits per heavy atom. The van der Waals surface area contributed by atoms with E-state index in [1.54, 1.807) is 11.3 Å². The largest absolute Gasteiger partial charge is 0.339 e. The normalized spacial score (nSPS) is 21.2. The highest BCUT2D eigenvalue weighted by atomic mass is 32.1. The summed E-state index contributed by atoms with van der Waals surface area (Å²) in [6, 6.07) is 0. The van der Waals surface area contributed by atoms with Crippen molar-refractivity contribution in [1.82, 2.24) is 4.98 Å². The summed E-state index contributed by atoms with van der Waals surface area (Å²) in [6.45, 7) is 5.61. The number of aromatic nitrogens is 1. The molecular weight excluding hydrogens is 144 g/mol. The van der Waals surface area contributed by atoms with Crippen molar-refractivity contribution in [1.29, 1.82) is 0 Å². The van der Waals surface area contributed by atoms with Crippen LogP contribution in [-0.4, -0.2) is 17.1 Å². The summed E-state index contributed by atoms with van der Waals surface area (Å²) < 4.78 is 0. The highest BCUT2D eigenvalue weighted by Gasteiger charge is 2.44. The molecule has 0 spiro atoms. The Morgan fingerprint density at radius 1 is 1.70 bits per heavy atom. The molecule has 0 unspecified atom stereocenters. The molecule has 0 amide bonds. The van der Waals surface area contributed by atoms with Gasteiger partial charge in [-0.1, -0.05) is 0 Å². The number of hydrogen-bond acceptors (Lipinski definition) is 3. The molecule has 1 aromatic heterocycles. The van der Waals surface area contributed by atoms with Crippen LogP contribution in [0.3, 0.4) is 0 Å². The summed E-state index contributed by atoms with van der Waals surface area (Å²) in [5.74, 6) is 0. The fraction of sp³-hybridized carbons (Fsp3) is 0.571. The maximum Gasteiger partial charge on any atom is 0.185 e. The predicted molar refractivity (Wildman–Crippen MR) is 43.5 cm³/mol. The second-order valence-electron chi connectivity index (χ2n) is 3.21. The Balaban J connectivity index is 2.19. The summed E-state index contributed by atoms with van der Waals surface area (Å²) in [5, 5.41) is 3.18. The third-order valence-corrected chi connectivity index (χ3v) is 2.62. The van der Waals surface area contributed by atoms with Gasteiger partial charge in [0.2, 0.25) is 0 Å².